The smallest absolute Gasteiger partial charge is 0.0687 e. The predicted octanol–water partition coefficient (Wildman–Crippen LogP) is 4.06. The molecule has 1 N–H and O–H groups in total. The molecule has 0 aromatic heterocycles. The van der Waals surface area contributed by atoms with Crippen LogP contribution in [0.1, 0.15) is 65.7 Å². The fourth-order valence-corrected chi connectivity index (χ4v) is 3.61. The summed E-state index contributed by atoms with van der Waals surface area (Å²) in [6, 6.07) is 0.532. The number of hydrogen-bond donors (Lipinski definition) is 1. The summed E-state index contributed by atoms with van der Waals surface area (Å²) < 4.78 is 6.44. The molecular weight excluding hydrogens is 234 g/mol. The molecule has 1 saturated heterocycles. The molecule has 1 aliphatic carbocycles. The first kappa shape index (κ1) is 15.1. The molecule has 19 heavy (non-hydrogen) atoms. The van der Waals surface area contributed by atoms with Crippen LogP contribution in [-0.2, 0) is 4.74 Å². The summed E-state index contributed by atoms with van der Waals surface area (Å²) in [6.07, 6.45) is 11.5. The van der Waals surface area contributed by atoms with Crippen molar-refractivity contribution < 1.29 is 4.74 Å². The van der Waals surface area contributed by atoms with Crippen molar-refractivity contribution in [3.05, 3.63) is 12.7 Å². The van der Waals surface area contributed by atoms with Gasteiger partial charge in [0.15, 0.2) is 0 Å². The van der Waals surface area contributed by atoms with Gasteiger partial charge in [-0.05, 0) is 32.1 Å². The van der Waals surface area contributed by atoms with Gasteiger partial charge < -0.3 is 10.1 Å². The summed E-state index contributed by atoms with van der Waals surface area (Å²) in [5.41, 5.74) is 0.414. The lowest BCUT2D eigenvalue weighted by molar-refractivity contribution is -0.0480. The van der Waals surface area contributed by atoms with Crippen molar-refractivity contribution in [2.75, 3.05) is 6.54 Å². The van der Waals surface area contributed by atoms with Crippen LogP contribution >= 0.6 is 0 Å². The molecule has 0 aromatic rings. The maximum atomic E-state index is 6.44. The molecule has 1 saturated carbocycles. The molecule has 0 bridgehead atoms. The van der Waals surface area contributed by atoms with Gasteiger partial charge in [0.1, 0.15) is 0 Å². The molecule has 2 rings (SSSR count). The fourth-order valence-electron chi connectivity index (χ4n) is 3.61. The van der Waals surface area contributed by atoms with Crippen LogP contribution in [0, 0.1) is 5.41 Å². The van der Waals surface area contributed by atoms with Gasteiger partial charge in [0.25, 0.3) is 0 Å². The Morgan fingerprint density at radius 2 is 2.05 bits per heavy atom. The zero-order valence-electron chi connectivity index (χ0n) is 13.0. The Balaban J connectivity index is 1.86. The summed E-state index contributed by atoms with van der Waals surface area (Å²) in [5, 5.41) is 3.55. The summed E-state index contributed by atoms with van der Waals surface area (Å²) in [7, 11) is 0. The third-order valence-electron chi connectivity index (χ3n) is 4.95. The minimum Gasteiger partial charge on any atom is -0.372 e. The van der Waals surface area contributed by atoms with Gasteiger partial charge in [-0.15, -0.1) is 6.58 Å². The lowest BCUT2D eigenvalue weighted by Crippen LogP contribution is -2.37. The molecule has 2 atom stereocenters. The molecule has 2 aliphatic rings. The van der Waals surface area contributed by atoms with Gasteiger partial charge in [-0.25, -0.2) is 0 Å². The predicted molar refractivity (Wildman–Crippen MR) is 81.4 cm³/mol. The standard InChI is InChI=1S/C17H31NO/c1-5-16(4,13-18-14(2)3)12-15-8-11-17(19-15)9-6-7-10-17/h5,14-15,18H,1,6-13H2,2-4H3. The molecule has 2 heteroatoms. The summed E-state index contributed by atoms with van der Waals surface area (Å²) >= 11 is 0. The van der Waals surface area contributed by atoms with E-state index in [4.69, 9.17) is 4.74 Å². The minimum atomic E-state index is 0.152. The number of rotatable bonds is 6. The molecule has 1 heterocycles. The minimum absolute atomic E-state index is 0.152. The van der Waals surface area contributed by atoms with E-state index in [1.807, 2.05) is 0 Å². The first-order chi connectivity index (χ1) is 8.97. The largest absolute Gasteiger partial charge is 0.372 e. The quantitative estimate of drug-likeness (QED) is 0.731. The Hall–Kier alpha value is -0.340. The van der Waals surface area contributed by atoms with Crippen molar-refractivity contribution in [3.8, 4) is 0 Å². The maximum Gasteiger partial charge on any atom is 0.0687 e. The van der Waals surface area contributed by atoms with E-state index < -0.39 is 0 Å². The van der Waals surface area contributed by atoms with E-state index in [0.717, 1.165) is 13.0 Å². The van der Waals surface area contributed by atoms with Crippen LogP contribution in [0.25, 0.3) is 0 Å². The van der Waals surface area contributed by atoms with Crippen LogP contribution in [0.5, 0.6) is 0 Å². The first-order valence-corrected chi connectivity index (χ1v) is 8.02. The average molecular weight is 265 g/mol. The molecule has 2 fully saturated rings. The lowest BCUT2D eigenvalue weighted by atomic mass is 9.83. The van der Waals surface area contributed by atoms with Gasteiger partial charge >= 0.3 is 0 Å². The van der Waals surface area contributed by atoms with Crippen molar-refractivity contribution in [2.45, 2.75) is 83.5 Å². The Labute approximate surface area is 119 Å². The monoisotopic (exact) mass is 265 g/mol. The second kappa shape index (κ2) is 5.97. The Morgan fingerprint density at radius 1 is 1.37 bits per heavy atom. The zero-order chi connectivity index (χ0) is 13.9. The SMILES string of the molecule is C=CC(C)(CNC(C)C)CC1CCC2(CCCC2)O1. The van der Waals surface area contributed by atoms with E-state index >= 15 is 0 Å². The average Bonchev–Trinajstić information content (AvgIpc) is 2.98. The highest BCUT2D eigenvalue weighted by Gasteiger charge is 2.43. The number of nitrogens with one attached hydrogen (secondary N) is 1. The molecule has 110 valence electrons. The molecule has 2 unspecified atom stereocenters. The van der Waals surface area contributed by atoms with Gasteiger partial charge in [-0.1, -0.05) is 39.7 Å². The highest BCUT2D eigenvalue weighted by molar-refractivity contribution is 4.99. The van der Waals surface area contributed by atoms with Gasteiger partial charge in [-0.2, -0.15) is 0 Å². The highest BCUT2D eigenvalue weighted by atomic mass is 16.5. The van der Waals surface area contributed by atoms with Crippen molar-refractivity contribution in [2.24, 2.45) is 5.41 Å². The van der Waals surface area contributed by atoms with Gasteiger partial charge in [0.05, 0.1) is 11.7 Å². The molecule has 1 aliphatic heterocycles. The summed E-state index contributed by atoms with van der Waals surface area (Å²) in [5.74, 6) is 0. The van der Waals surface area contributed by atoms with Crippen molar-refractivity contribution in [1.82, 2.24) is 5.32 Å². The lowest BCUT2D eigenvalue weighted by Gasteiger charge is -2.31. The molecule has 2 nitrogen and oxygen atoms in total. The third kappa shape index (κ3) is 3.82. The van der Waals surface area contributed by atoms with Crippen LogP contribution in [0.3, 0.4) is 0 Å². The van der Waals surface area contributed by atoms with Gasteiger partial charge in [-0.3, -0.25) is 0 Å². The van der Waals surface area contributed by atoms with E-state index in [1.54, 1.807) is 0 Å². The summed E-state index contributed by atoms with van der Waals surface area (Å²) in [4.78, 5) is 0. The van der Waals surface area contributed by atoms with E-state index in [0.29, 0.717) is 12.1 Å². The molecule has 0 amide bonds. The summed E-state index contributed by atoms with van der Waals surface area (Å²) in [6.45, 7) is 11.7. The normalized spacial score (nSPS) is 28.9. The van der Waals surface area contributed by atoms with Crippen molar-refractivity contribution in [3.63, 3.8) is 0 Å². The van der Waals surface area contributed by atoms with Crippen molar-refractivity contribution in [1.29, 1.82) is 0 Å². The number of ether oxygens (including phenoxy) is 1. The van der Waals surface area contributed by atoms with Gasteiger partial charge in [0.2, 0.25) is 0 Å². The molecule has 1 spiro atoms. The van der Waals surface area contributed by atoms with E-state index in [-0.39, 0.29) is 11.0 Å². The van der Waals surface area contributed by atoms with E-state index in [2.05, 4.69) is 38.7 Å². The second-order valence-electron chi connectivity index (χ2n) is 7.27. The highest BCUT2D eigenvalue weighted by Crippen LogP contribution is 2.45. The number of hydrogen-bond acceptors (Lipinski definition) is 2. The van der Waals surface area contributed by atoms with Crippen LogP contribution in [0.15, 0.2) is 12.7 Å². The van der Waals surface area contributed by atoms with Crippen LogP contribution in [0.2, 0.25) is 0 Å². The second-order valence-corrected chi connectivity index (χ2v) is 7.27. The van der Waals surface area contributed by atoms with E-state index in [1.165, 1.54) is 38.5 Å². The van der Waals surface area contributed by atoms with Crippen LogP contribution in [0.4, 0.5) is 0 Å². The van der Waals surface area contributed by atoms with E-state index in [9.17, 15) is 0 Å². The van der Waals surface area contributed by atoms with Crippen LogP contribution in [-0.4, -0.2) is 24.3 Å². The third-order valence-corrected chi connectivity index (χ3v) is 4.95. The Kier molecular flexibility index (Phi) is 4.73. The van der Waals surface area contributed by atoms with Crippen molar-refractivity contribution >= 4 is 0 Å². The molecular formula is C17H31NO. The Morgan fingerprint density at radius 3 is 2.63 bits per heavy atom. The topological polar surface area (TPSA) is 21.3 Å². The zero-order valence-corrected chi connectivity index (χ0v) is 13.0. The first-order valence-electron chi connectivity index (χ1n) is 8.02. The Bertz CT molecular complexity index is 306. The van der Waals surface area contributed by atoms with Gasteiger partial charge in [0, 0.05) is 18.0 Å². The van der Waals surface area contributed by atoms with Crippen LogP contribution < -0.4 is 5.32 Å². The fraction of sp³-hybridized carbons (Fsp3) is 0.882. The maximum absolute atomic E-state index is 6.44. The molecule has 0 aromatic carbocycles. The molecule has 0 radical (unpaired) electrons.